The summed E-state index contributed by atoms with van der Waals surface area (Å²) in [5, 5.41) is 2.80. The Balaban J connectivity index is 1.42. The van der Waals surface area contributed by atoms with Crippen LogP contribution in [0.1, 0.15) is 0 Å². The molecule has 1 aliphatic heterocycles. The fraction of sp³-hybridized carbons (Fsp3) is 0.391. The number of rotatable bonds is 8. The zero-order valence-electron chi connectivity index (χ0n) is 18.4. The van der Waals surface area contributed by atoms with Crippen molar-refractivity contribution in [3.8, 4) is 11.5 Å². The van der Waals surface area contributed by atoms with Gasteiger partial charge in [0, 0.05) is 24.5 Å². The first-order chi connectivity index (χ1) is 15.0. The van der Waals surface area contributed by atoms with Crippen molar-refractivity contribution in [2.75, 3.05) is 70.8 Å². The summed E-state index contributed by atoms with van der Waals surface area (Å²) in [6, 6.07) is 15.2. The molecular formula is C23H31N4O4+. The largest absolute Gasteiger partial charge is 0.497 e. The van der Waals surface area contributed by atoms with Crippen molar-refractivity contribution in [2.24, 2.45) is 0 Å². The lowest BCUT2D eigenvalue weighted by molar-refractivity contribution is -0.892. The van der Waals surface area contributed by atoms with Crippen LogP contribution < -0.4 is 24.6 Å². The maximum Gasteiger partial charge on any atom is 0.277 e. The molecule has 1 heterocycles. The molecule has 8 heteroatoms. The van der Waals surface area contributed by atoms with E-state index >= 15 is 0 Å². The molecule has 2 aromatic carbocycles. The van der Waals surface area contributed by atoms with Crippen LogP contribution in [0.5, 0.6) is 11.5 Å². The summed E-state index contributed by atoms with van der Waals surface area (Å²) >= 11 is 0. The molecule has 0 radical (unpaired) electrons. The third-order valence-corrected chi connectivity index (χ3v) is 5.47. The van der Waals surface area contributed by atoms with Crippen molar-refractivity contribution < 1.29 is 24.0 Å². The molecule has 0 unspecified atom stereocenters. The molecular weight excluding hydrogens is 396 g/mol. The van der Waals surface area contributed by atoms with Crippen LogP contribution in [0.2, 0.25) is 0 Å². The number of hydrogen-bond donors (Lipinski definition) is 2. The van der Waals surface area contributed by atoms with Crippen LogP contribution in [0, 0.1) is 0 Å². The molecule has 0 atom stereocenters. The first-order valence-electron chi connectivity index (χ1n) is 10.4. The zero-order valence-corrected chi connectivity index (χ0v) is 18.4. The lowest BCUT2D eigenvalue weighted by Gasteiger charge is -2.34. The Labute approximate surface area is 183 Å². The van der Waals surface area contributed by atoms with Crippen molar-refractivity contribution in [2.45, 2.75) is 0 Å². The molecule has 2 N–H and O–H groups in total. The predicted octanol–water partition coefficient (Wildman–Crippen LogP) is 0.506. The van der Waals surface area contributed by atoms with Gasteiger partial charge in [0.1, 0.15) is 11.5 Å². The maximum absolute atomic E-state index is 12.6. The molecule has 0 aromatic heterocycles. The molecule has 1 saturated heterocycles. The van der Waals surface area contributed by atoms with Gasteiger partial charge in [-0.3, -0.25) is 9.59 Å². The quantitative estimate of drug-likeness (QED) is 0.642. The molecule has 1 fully saturated rings. The van der Waals surface area contributed by atoms with Crippen LogP contribution >= 0.6 is 0 Å². The smallest absolute Gasteiger partial charge is 0.277 e. The lowest BCUT2D eigenvalue weighted by Crippen LogP contribution is -3.15. The van der Waals surface area contributed by atoms with Gasteiger partial charge in [-0.15, -0.1) is 0 Å². The molecule has 0 bridgehead atoms. The summed E-state index contributed by atoms with van der Waals surface area (Å²) in [4.78, 5) is 29.9. The molecule has 3 rings (SSSR count). The molecule has 1 aliphatic rings. The van der Waals surface area contributed by atoms with Gasteiger partial charge in [-0.1, -0.05) is 6.07 Å². The zero-order chi connectivity index (χ0) is 22.2. The minimum Gasteiger partial charge on any atom is -0.497 e. The van der Waals surface area contributed by atoms with E-state index in [1.165, 1.54) is 9.80 Å². The number of methoxy groups -OCH3 is 2. The van der Waals surface area contributed by atoms with Crippen molar-refractivity contribution in [1.29, 1.82) is 0 Å². The Kier molecular flexibility index (Phi) is 7.72. The molecule has 0 spiro atoms. The van der Waals surface area contributed by atoms with Gasteiger partial charge < -0.3 is 29.5 Å². The number of nitrogens with zero attached hydrogens (tertiary/aromatic N) is 2. The normalized spacial score (nSPS) is 14.1. The van der Waals surface area contributed by atoms with Crippen molar-refractivity contribution in [3.63, 3.8) is 0 Å². The number of carbonyl (C=O) groups excluding carboxylic acids is 2. The average Bonchev–Trinajstić information content (AvgIpc) is 2.79. The third kappa shape index (κ3) is 6.36. The molecule has 31 heavy (non-hydrogen) atoms. The van der Waals surface area contributed by atoms with E-state index in [9.17, 15) is 9.59 Å². The number of hydrogen-bond acceptors (Lipinski definition) is 5. The highest BCUT2D eigenvalue weighted by Gasteiger charge is 2.24. The fourth-order valence-corrected chi connectivity index (χ4v) is 3.60. The maximum atomic E-state index is 12.6. The summed E-state index contributed by atoms with van der Waals surface area (Å²) in [7, 11) is 4.90. The van der Waals surface area contributed by atoms with Crippen LogP contribution in [0.25, 0.3) is 0 Å². The van der Waals surface area contributed by atoms with E-state index in [2.05, 4.69) is 22.3 Å². The molecule has 166 valence electrons. The van der Waals surface area contributed by atoms with Gasteiger partial charge >= 0.3 is 0 Å². The Bertz CT molecular complexity index is 879. The number of nitrogens with one attached hydrogen (secondary N) is 2. The number of ether oxygens (including phenoxy) is 2. The summed E-state index contributed by atoms with van der Waals surface area (Å²) < 4.78 is 10.4. The lowest BCUT2D eigenvalue weighted by atomic mass is 10.2. The summed E-state index contributed by atoms with van der Waals surface area (Å²) in [6.45, 7) is 3.92. The fourth-order valence-electron chi connectivity index (χ4n) is 3.60. The van der Waals surface area contributed by atoms with Crippen LogP contribution in [0.4, 0.5) is 11.4 Å². The third-order valence-electron chi connectivity index (χ3n) is 5.47. The van der Waals surface area contributed by atoms with E-state index in [1.807, 2.05) is 18.2 Å². The van der Waals surface area contributed by atoms with Crippen molar-refractivity contribution >= 4 is 23.2 Å². The van der Waals surface area contributed by atoms with Gasteiger partial charge in [0.2, 0.25) is 5.91 Å². The van der Waals surface area contributed by atoms with E-state index in [-0.39, 0.29) is 18.4 Å². The monoisotopic (exact) mass is 427 g/mol. The first kappa shape index (κ1) is 22.4. The SMILES string of the molecule is COc1ccc(N2CC[NH+](CC(=O)N(C)CC(=O)Nc3cccc(OC)c3)CC2)cc1. The minimum atomic E-state index is -0.233. The van der Waals surface area contributed by atoms with Gasteiger partial charge in [0.15, 0.2) is 6.54 Å². The van der Waals surface area contributed by atoms with Crippen LogP contribution in [-0.2, 0) is 9.59 Å². The highest BCUT2D eigenvalue weighted by Crippen LogP contribution is 2.19. The van der Waals surface area contributed by atoms with Gasteiger partial charge in [-0.05, 0) is 36.4 Å². The Hall–Kier alpha value is -3.26. The van der Waals surface area contributed by atoms with Crippen molar-refractivity contribution in [3.05, 3.63) is 48.5 Å². The van der Waals surface area contributed by atoms with Crippen molar-refractivity contribution in [1.82, 2.24) is 4.90 Å². The molecule has 2 amide bonds. The number of benzene rings is 2. The molecule has 0 saturated carbocycles. The molecule has 8 nitrogen and oxygen atoms in total. The standard InChI is InChI=1S/C23H30N4O4/c1-25(16-22(28)24-18-5-4-6-21(15-18)31-3)23(29)17-26-11-13-27(14-12-26)19-7-9-20(30-2)10-8-19/h4-10,15H,11-14,16-17H2,1-3H3,(H,24,28)/p+1. The topological polar surface area (TPSA) is 75.6 Å². The van der Waals surface area contributed by atoms with E-state index in [4.69, 9.17) is 9.47 Å². The second-order valence-electron chi connectivity index (χ2n) is 7.64. The van der Waals surface area contributed by atoms with E-state index in [0.717, 1.165) is 37.6 Å². The number of anilines is 2. The number of quaternary nitrogens is 1. The van der Waals surface area contributed by atoms with E-state index < -0.39 is 0 Å². The van der Waals surface area contributed by atoms with E-state index in [0.29, 0.717) is 18.0 Å². The number of piperazine rings is 1. The Morgan fingerprint density at radius 3 is 2.35 bits per heavy atom. The van der Waals surface area contributed by atoms with Gasteiger partial charge in [0.05, 0.1) is 46.9 Å². The molecule has 2 aromatic rings. The Morgan fingerprint density at radius 1 is 1.03 bits per heavy atom. The predicted molar refractivity (Wildman–Crippen MR) is 120 cm³/mol. The van der Waals surface area contributed by atoms with Gasteiger partial charge in [-0.2, -0.15) is 0 Å². The second-order valence-corrected chi connectivity index (χ2v) is 7.64. The second kappa shape index (κ2) is 10.7. The highest BCUT2D eigenvalue weighted by molar-refractivity contribution is 5.94. The summed E-state index contributed by atoms with van der Waals surface area (Å²) in [5.74, 6) is 1.24. The van der Waals surface area contributed by atoms with Gasteiger partial charge in [-0.25, -0.2) is 0 Å². The number of likely N-dealkylation sites (N-methyl/N-ethyl adjacent to an activating group) is 1. The van der Waals surface area contributed by atoms with Crippen LogP contribution in [0.15, 0.2) is 48.5 Å². The molecule has 0 aliphatic carbocycles. The van der Waals surface area contributed by atoms with Crippen LogP contribution in [-0.4, -0.2) is 77.3 Å². The summed E-state index contributed by atoms with van der Waals surface area (Å²) in [5.41, 5.74) is 1.81. The summed E-state index contributed by atoms with van der Waals surface area (Å²) in [6.07, 6.45) is 0. The minimum absolute atomic E-state index is 0.0152. The average molecular weight is 428 g/mol. The highest BCUT2D eigenvalue weighted by atomic mass is 16.5. The Morgan fingerprint density at radius 2 is 1.71 bits per heavy atom. The van der Waals surface area contributed by atoms with Crippen LogP contribution in [0.3, 0.4) is 0 Å². The first-order valence-corrected chi connectivity index (χ1v) is 10.4. The van der Waals surface area contributed by atoms with Gasteiger partial charge in [0.25, 0.3) is 5.91 Å². The number of carbonyl (C=O) groups is 2. The number of amides is 2. The van der Waals surface area contributed by atoms with E-state index in [1.54, 1.807) is 39.5 Å².